The lowest BCUT2D eigenvalue weighted by Crippen LogP contribution is -2.32. The van der Waals surface area contributed by atoms with E-state index in [1.54, 1.807) is 23.0 Å². The molecule has 0 bridgehead atoms. The van der Waals surface area contributed by atoms with Crippen molar-refractivity contribution in [2.75, 3.05) is 5.73 Å². The lowest BCUT2D eigenvalue weighted by atomic mass is 10.0. The molecule has 40 heavy (non-hydrogen) atoms. The van der Waals surface area contributed by atoms with Crippen molar-refractivity contribution in [3.8, 4) is 17.5 Å². The van der Waals surface area contributed by atoms with Crippen LogP contribution in [0.15, 0.2) is 83.2 Å². The van der Waals surface area contributed by atoms with Crippen LogP contribution in [0.4, 0.5) is 5.82 Å². The number of nitrogen functional groups attached to an aromatic ring is 1. The number of nitrogens with zero attached hydrogens (tertiary/aromatic N) is 5. The Kier molecular flexibility index (Phi) is 6.34. The molecule has 0 spiro atoms. The average Bonchev–Trinajstić information content (AvgIpc) is 3.53. The van der Waals surface area contributed by atoms with Gasteiger partial charge in [-0.3, -0.25) is 14.2 Å². The zero-order valence-electron chi connectivity index (χ0n) is 21.6. The van der Waals surface area contributed by atoms with Gasteiger partial charge in [-0.2, -0.15) is 0 Å². The fourth-order valence-corrected chi connectivity index (χ4v) is 5.29. The number of amides is 1. The summed E-state index contributed by atoms with van der Waals surface area (Å²) in [5.41, 5.74) is 9.13. The third-order valence-corrected chi connectivity index (χ3v) is 7.33. The Balaban J connectivity index is 1.48. The number of anilines is 1. The van der Waals surface area contributed by atoms with Gasteiger partial charge in [-0.05, 0) is 55.5 Å². The SMILES string of the molecule is Cc1csc(C#Cc2cccc3cc(C(C)NC(=O)c4c(N)nn5cccnc45)n(-c4ccccc4)c(=O)c23)n1. The normalized spacial score (nSPS) is 11.8. The Morgan fingerprint density at radius 2 is 1.93 bits per heavy atom. The monoisotopic (exact) mass is 545 g/mol. The highest BCUT2D eigenvalue weighted by Gasteiger charge is 2.24. The molecule has 0 fully saturated rings. The molecule has 1 atom stereocenters. The van der Waals surface area contributed by atoms with Gasteiger partial charge in [-0.1, -0.05) is 36.3 Å². The summed E-state index contributed by atoms with van der Waals surface area (Å²) in [6.07, 6.45) is 3.24. The van der Waals surface area contributed by atoms with E-state index in [4.69, 9.17) is 5.73 Å². The number of nitrogens with one attached hydrogen (secondary N) is 1. The molecule has 0 radical (unpaired) electrons. The van der Waals surface area contributed by atoms with E-state index in [0.717, 1.165) is 5.69 Å². The van der Waals surface area contributed by atoms with Gasteiger partial charge in [-0.15, -0.1) is 16.4 Å². The predicted octanol–water partition coefficient (Wildman–Crippen LogP) is 4.27. The van der Waals surface area contributed by atoms with Gasteiger partial charge in [0.15, 0.2) is 16.5 Å². The predicted molar refractivity (Wildman–Crippen MR) is 156 cm³/mol. The van der Waals surface area contributed by atoms with Crippen LogP contribution in [0.5, 0.6) is 0 Å². The van der Waals surface area contributed by atoms with Gasteiger partial charge in [0.25, 0.3) is 11.5 Å². The van der Waals surface area contributed by atoms with E-state index in [1.165, 1.54) is 15.9 Å². The van der Waals surface area contributed by atoms with Gasteiger partial charge in [0.1, 0.15) is 5.56 Å². The molecule has 0 aliphatic carbocycles. The van der Waals surface area contributed by atoms with Crippen LogP contribution in [-0.2, 0) is 0 Å². The van der Waals surface area contributed by atoms with E-state index in [9.17, 15) is 9.59 Å². The largest absolute Gasteiger partial charge is 0.381 e. The first kappa shape index (κ1) is 25.0. The summed E-state index contributed by atoms with van der Waals surface area (Å²) in [6.45, 7) is 3.74. The maximum atomic E-state index is 14.2. The molecule has 196 valence electrons. The van der Waals surface area contributed by atoms with Crippen LogP contribution in [0.3, 0.4) is 0 Å². The van der Waals surface area contributed by atoms with Crippen molar-refractivity contribution in [2.45, 2.75) is 19.9 Å². The summed E-state index contributed by atoms with van der Waals surface area (Å²) in [4.78, 5) is 36.2. The number of para-hydroxylation sites is 1. The molecule has 9 nitrogen and oxygen atoms in total. The average molecular weight is 546 g/mol. The number of carbonyl (C=O) groups is 1. The van der Waals surface area contributed by atoms with Crippen LogP contribution in [0, 0.1) is 18.8 Å². The van der Waals surface area contributed by atoms with Gasteiger partial charge >= 0.3 is 0 Å². The van der Waals surface area contributed by atoms with Crippen molar-refractivity contribution >= 4 is 39.5 Å². The first-order valence-electron chi connectivity index (χ1n) is 12.5. The number of carbonyl (C=O) groups excluding carboxylic acids is 1. The van der Waals surface area contributed by atoms with E-state index in [1.807, 2.05) is 73.8 Å². The number of hydrogen-bond donors (Lipinski definition) is 2. The highest BCUT2D eigenvalue weighted by molar-refractivity contribution is 7.10. The second kappa shape index (κ2) is 10.1. The number of nitrogens with two attached hydrogens (primary N) is 1. The van der Waals surface area contributed by atoms with Crippen molar-refractivity contribution in [1.29, 1.82) is 0 Å². The Hall–Kier alpha value is -5.27. The molecule has 0 aliphatic heterocycles. The molecule has 1 unspecified atom stereocenters. The third-order valence-electron chi connectivity index (χ3n) is 6.45. The Morgan fingerprint density at radius 1 is 1.10 bits per heavy atom. The van der Waals surface area contributed by atoms with Crippen molar-refractivity contribution < 1.29 is 4.79 Å². The lowest BCUT2D eigenvalue weighted by molar-refractivity contribution is 0.0941. The van der Waals surface area contributed by atoms with Crippen LogP contribution >= 0.6 is 11.3 Å². The van der Waals surface area contributed by atoms with Crippen LogP contribution in [0.2, 0.25) is 0 Å². The van der Waals surface area contributed by atoms with Crippen molar-refractivity contribution in [2.24, 2.45) is 0 Å². The van der Waals surface area contributed by atoms with Crippen LogP contribution in [0.25, 0.3) is 22.1 Å². The van der Waals surface area contributed by atoms with Crippen LogP contribution < -0.4 is 16.6 Å². The fraction of sp³-hybridized carbons (Fsp3) is 0.100. The number of aryl methyl sites for hydroxylation is 1. The van der Waals surface area contributed by atoms with Crippen molar-refractivity contribution in [3.63, 3.8) is 0 Å². The minimum absolute atomic E-state index is 0.0704. The molecule has 2 aromatic carbocycles. The van der Waals surface area contributed by atoms with E-state index >= 15 is 0 Å². The number of thiazole rings is 1. The first-order chi connectivity index (χ1) is 19.4. The Morgan fingerprint density at radius 3 is 2.70 bits per heavy atom. The minimum atomic E-state index is -0.573. The number of pyridine rings is 1. The zero-order valence-corrected chi connectivity index (χ0v) is 22.4. The van der Waals surface area contributed by atoms with Gasteiger partial charge in [0, 0.05) is 40.4 Å². The molecule has 4 aromatic heterocycles. The topological polar surface area (TPSA) is 120 Å². The molecule has 3 N–H and O–H groups in total. The summed E-state index contributed by atoms with van der Waals surface area (Å²) in [5.74, 6) is 5.86. The van der Waals surface area contributed by atoms with Crippen molar-refractivity contribution in [3.05, 3.63) is 116 Å². The maximum absolute atomic E-state index is 14.2. The van der Waals surface area contributed by atoms with E-state index in [0.29, 0.717) is 38.4 Å². The van der Waals surface area contributed by atoms with Gasteiger partial charge in [0.2, 0.25) is 0 Å². The highest BCUT2D eigenvalue weighted by Crippen LogP contribution is 2.24. The quantitative estimate of drug-likeness (QED) is 0.319. The highest BCUT2D eigenvalue weighted by atomic mass is 32.1. The number of aromatic nitrogens is 5. The standard InChI is InChI=1S/C30H23N7O2S/c1-18-17-40-24(33-18)13-12-20-8-6-9-21-16-23(37(30(39)25(20)21)22-10-4-3-5-11-22)19(2)34-29(38)26-27(31)35-36-15-7-14-32-28(26)36/h3-11,14-17,19H,1-2H3,(H2,31,35)(H,34,38). The second-order valence-electron chi connectivity index (χ2n) is 9.20. The van der Waals surface area contributed by atoms with Crippen molar-refractivity contribution in [1.82, 2.24) is 29.5 Å². The molecular weight excluding hydrogens is 522 g/mol. The molecule has 0 saturated heterocycles. The summed E-state index contributed by atoms with van der Waals surface area (Å²) in [6, 6.07) is 17.9. The van der Waals surface area contributed by atoms with Gasteiger partial charge in [-0.25, -0.2) is 14.5 Å². The molecule has 1 amide bonds. The number of rotatable bonds is 4. The van der Waals surface area contributed by atoms with E-state index < -0.39 is 11.9 Å². The smallest absolute Gasteiger partial charge is 0.264 e. The van der Waals surface area contributed by atoms with Gasteiger partial charge in [0.05, 0.1) is 11.4 Å². The van der Waals surface area contributed by atoms with Crippen LogP contribution in [0.1, 0.15) is 45.3 Å². The Labute approximate surface area is 233 Å². The molecule has 6 rings (SSSR count). The van der Waals surface area contributed by atoms with E-state index in [2.05, 4.69) is 32.2 Å². The third kappa shape index (κ3) is 4.48. The molecular formula is C30H23N7O2S. The summed E-state index contributed by atoms with van der Waals surface area (Å²) >= 11 is 1.46. The molecule has 0 aliphatic rings. The zero-order chi connectivity index (χ0) is 27.8. The van der Waals surface area contributed by atoms with Crippen LogP contribution in [-0.4, -0.2) is 30.1 Å². The first-order valence-corrected chi connectivity index (χ1v) is 13.4. The molecule has 10 heteroatoms. The minimum Gasteiger partial charge on any atom is -0.381 e. The van der Waals surface area contributed by atoms with Gasteiger partial charge < -0.3 is 11.1 Å². The summed E-state index contributed by atoms with van der Waals surface area (Å²) < 4.78 is 3.07. The summed E-state index contributed by atoms with van der Waals surface area (Å²) in [5, 5.41) is 11.0. The molecule has 6 aromatic rings. The summed E-state index contributed by atoms with van der Waals surface area (Å²) in [7, 11) is 0. The fourth-order valence-electron chi connectivity index (χ4n) is 4.64. The Bertz CT molecular complexity index is 2030. The lowest BCUT2D eigenvalue weighted by Gasteiger charge is -2.21. The number of benzene rings is 2. The van der Waals surface area contributed by atoms with E-state index in [-0.39, 0.29) is 16.9 Å². The molecule has 4 heterocycles. The molecule has 0 saturated carbocycles. The number of hydrogen-bond acceptors (Lipinski definition) is 7. The maximum Gasteiger partial charge on any atom is 0.264 e. The number of fused-ring (bicyclic) bond motifs is 2. The second-order valence-corrected chi connectivity index (χ2v) is 10.1.